The Balaban J connectivity index is 2.28. The fourth-order valence-electron chi connectivity index (χ4n) is 2.80. The van der Waals surface area contributed by atoms with Crippen LogP contribution in [0.2, 0.25) is 0 Å². The van der Waals surface area contributed by atoms with Gasteiger partial charge in [0, 0.05) is 5.57 Å². The first-order valence-corrected chi connectivity index (χ1v) is 8.27. The summed E-state index contributed by atoms with van der Waals surface area (Å²) in [7, 11) is 4.14. The zero-order chi connectivity index (χ0) is 18.2. The molecule has 1 aliphatic rings. The van der Waals surface area contributed by atoms with E-state index in [1.807, 2.05) is 0 Å². The van der Waals surface area contributed by atoms with Crippen molar-refractivity contribution in [2.24, 2.45) is 0 Å². The minimum absolute atomic E-state index is 0.159. The quantitative estimate of drug-likeness (QED) is 0.557. The van der Waals surface area contributed by atoms with Gasteiger partial charge in [-0.3, -0.25) is 4.79 Å². The van der Waals surface area contributed by atoms with Crippen LogP contribution in [-0.4, -0.2) is 39.4 Å². The van der Waals surface area contributed by atoms with Crippen molar-refractivity contribution in [3.05, 3.63) is 29.3 Å². The zero-order valence-corrected chi connectivity index (χ0v) is 14.9. The van der Waals surface area contributed by atoms with Crippen molar-refractivity contribution in [3.8, 4) is 11.5 Å². The summed E-state index contributed by atoms with van der Waals surface area (Å²) < 4.78 is 20.8. The van der Waals surface area contributed by atoms with Crippen molar-refractivity contribution in [2.75, 3.05) is 21.3 Å². The molecule has 1 aromatic rings. The monoisotopic (exact) mass is 348 g/mol. The molecule has 0 aromatic heterocycles. The number of carbonyl (C=O) groups excluding carboxylic acids is 2. The number of benzene rings is 1. The first kappa shape index (κ1) is 18.8. The lowest BCUT2D eigenvalue weighted by Gasteiger charge is -2.16. The maximum absolute atomic E-state index is 11.9. The molecule has 1 aromatic carbocycles. The van der Waals surface area contributed by atoms with Crippen LogP contribution >= 0.6 is 0 Å². The molecule has 0 bridgehead atoms. The van der Waals surface area contributed by atoms with Gasteiger partial charge in [0.25, 0.3) is 0 Å². The number of rotatable bonds is 7. The van der Waals surface area contributed by atoms with E-state index in [-0.39, 0.29) is 18.1 Å². The van der Waals surface area contributed by atoms with Crippen LogP contribution in [0.15, 0.2) is 23.8 Å². The highest BCUT2D eigenvalue weighted by Crippen LogP contribution is 2.33. The lowest BCUT2D eigenvalue weighted by molar-refractivity contribution is -0.143. The number of hydrogen-bond donors (Lipinski definition) is 0. The van der Waals surface area contributed by atoms with Crippen LogP contribution in [0.3, 0.4) is 0 Å². The van der Waals surface area contributed by atoms with Crippen molar-refractivity contribution in [1.82, 2.24) is 0 Å². The number of ether oxygens (including phenoxy) is 4. The highest BCUT2D eigenvalue weighted by atomic mass is 16.5. The van der Waals surface area contributed by atoms with Crippen LogP contribution in [0.1, 0.15) is 37.7 Å². The second-order valence-electron chi connectivity index (χ2n) is 5.85. The van der Waals surface area contributed by atoms with Gasteiger partial charge in [-0.2, -0.15) is 0 Å². The largest absolute Gasteiger partial charge is 0.493 e. The fraction of sp³-hybridized carbons (Fsp3) is 0.474. The Kier molecular flexibility index (Phi) is 6.86. The SMILES string of the molecule is COC(=O)CC(=Cc1ccc(OC)c(OC2CCCC2)c1)C(=O)OC. The van der Waals surface area contributed by atoms with Crippen LogP contribution in [-0.2, 0) is 19.1 Å². The van der Waals surface area contributed by atoms with Gasteiger partial charge < -0.3 is 18.9 Å². The third-order valence-corrected chi connectivity index (χ3v) is 4.13. The molecule has 0 radical (unpaired) electrons. The minimum atomic E-state index is -0.570. The van der Waals surface area contributed by atoms with Crippen molar-refractivity contribution in [1.29, 1.82) is 0 Å². The number of hydrogen-bond acceptors (Lipinski definition) is 6. The Morgan fingerprint density at radius 3 is 2.40 bits per heavy atom. The molecule has 2 rings (SSSR count). The highest BCUT2D eigenvalue weighted by molar-refractivity contribution is 5.98. The Bertz CT molecular complexity index is 643. The van der Waals surface area contributed by atoms with Crippen LogP contribution in [0.25, 0.3) is 6.08 Å². The summed E-state index contributed by atoms with van der Waals surface area (Å²) in [5, 5.41) is 0. The molecule has 6 nitrogen and oxygen atoms in total. The Morgan fingerprint density at radius 2 is 1.80 bits per heavy atom. The van der Waals surface area contributed by atoms with Crippen LogP contribution < -0.4 is 9.47 Å². The molecule has 1 saturated carbocycles. The van der Waals surface area contributed by atoms with Gasteiger partial charge in [0.2, 0.25) is 0 Å². The van der Waals surface area contributed by atoms with Crippen molar-refractivity contribution in [3.63, 3.8) is 0 Å². The van der Waals surface area contributed by atoms with E-state index in [1.54, 1.807) is 31.4 Å². The van der Waals surface area contributed by atoms with E-state index in [1.165, 1.54) is 14.2 Å². The highest BCUT2D eigenvalue weighted by Gasteiger charge is 2.19. The number of carbonyl (C=O) groups is 2. The lowest BCUT2D eigenvalue weighted by atomic mass is 10.1. The predicted molar refractivity (Wildman–Crippen MR) is 92.5 cm³/mol. The molecule has 6 heteroatoms. The summed E-state index contributed by atoms with van der Waals surface area (Å²) in [5.74, 6) is 0.189. The van der Waals surface area contributed by atoms with Gasteiger partial charge >= 0.3 is 11.9 Å². The van der Waals surface area contributed by atoms with Gasteiger partial charge in [0.15, 0.2) is 11.5 Å². The first-order chi connectivity index (χ1) is 12.1. The number of methoxy groups -OCH3 is 3. The van der Waals surface area contributed by atoms with Crippen LogP contribution in [0.5, 0.6) is 11.5 Å². The first-order valence-electron chi connectivity index (χ1n) is 8.27. The second-order valence-corrected chi connectivity index (χ2v) is 5.85. The topological polar surface area (TPSA) is 71.1 Å². The molecule has 0 atom stereocenters. The van der Waals surface area contributed by atoms with E-state index in [0.29, 0.717) is 11.5 Å². The summed E-state index contributed by atoms with van der Waals surface area (Å²) >= 11 is 0. The summed E-state index contributed by atoms with van der Waals surface area (Å²) in [5.41, 5.74) is 0.935. The van der Waals surface area contributed by atoms with Crippen LogP contribution in [0.4, 0.5) is 0 Å². The summed E-state index contributed by atoms with van der Waals surface area (Å²) in [6.45, 7) is 0. The van der Waals surface area contributed by atoms with E-state index in [2.05, 4.69) is 4.74 Å². The molecular formula is C19H24O6. The van der Waals surface area contributed by atoms with E-state index in [4.69, 9.17) is 14.2 Å². The standard InChI is InChI=1S/C19H24O6/c1-22-16-9-8-13(11-17(16)25-15-6-4-5-7-15)10-14(19(21)24-3)12-18(20)23-2/h8-11,15H,4-7,12H2,1-3H3. The molecule has 0 heterocycles. The molecule has 0 N–H and O–H groups in total. The molecule has 0 amide bonds. The molecule has 1 fully saturated rings. The van der Waals surface area contributed by atoms with E-state index < -0.39 is 11.9 Å². The summed E-state index contributed by atoms with van der Waals surface area (Å²) in [6, 6.07) is 5.38. The molecule has 0 aliphatic heterocycles. The normalized spacial score (nSPS) is 14.9. The molecule has 0 unspecified atom stereocenters. The maximum Gasteiger partial charge on any atom is 0.334 e. The fourth-order valence-corrected chi connectivity index (χ4v) is 2.80. The predicted octanol–water partition coefficient (Wildman–Crippen LogP) is 3.14. The molecule has 136 valence electrons. The van der Waals surface area contributed by atoms with Crippen molar-refractivity contribution >= 4 is 18.0 Å². The van der Waals surface area contributed by atoms with E-state index in [9.17, 15) is 9.59 Å². The van der Waals surface area contributed by atoms with Gasteiger partial charge in [-0.15, -0.1) is 0 Å². The number of esters is 2. The average Bonchev–Trinajstić information content (AvgIpc) is 3.13. The Morgan fingerprint density at radius 1 is 1.08 bits per heavy atom. The van der Waals surface area contributed by atoms with Crippen molar-refractivity contribution in [2.45, 2.75) is 38.2 Å². The maximum atomic E-state index is 11.9. The minimum Gasteiger partial charge on any atom is -0.493 e. The molecular weight excluding hydrogens is 324 g/mol. The molecule has 0 saturated heterocycles. The molecule has 25 heavy (non-hydrogen) atoms. The summed E-state index contributed by atoms with van der Waals surface area (Å²) in [4.78, 5) is 23.4. The van der Waals surface area contributed by atoms with Gasteiger partial charge in [-0.05, 0) is 49.5 Å². The Labute approximate surface area is 147 Å². The van der Waals surface area contributed by atoms with E-state index in [0.717, 1.165) is 31.2 Å². The lowest BCUT2D eigenvalue weighted by Crippen LogP contribution is -2.12. The Hall–Kier alpha value is -2.50. The second kappa shape index (κ2) is 9.11. The third-order valence-electron chi connectivity index (χ3n) is 4.13. The third kappa shape index (κ3) is 5.24. The van der Waals surface area contributed by atoms with Crippen molar-refractivity contribution < 1.29 is 28.5 Å². The summed E-state index contributed by atoms with van der Waals surface area (Å²) in [6.07, 6.45) is 6.01. The van der Waals surface area contributed by atoms with Gasteiger partial charge in [-0.25, -0.2) is 4.79 Å². The van der Waals surface area contributed by atoms with Gasteiger partial charge in [0.05, 0.1) is 33.9 Å². The smallest absolute Gasteiger partial charge is 0.334 e. The van der Waals surface area contributed by atoms with Gasteiger partial charge in [0.1, 0.15) is 0 Å². The average molecular weight is 348 g/mol. The molecule has 1 aliphatic carbocycles. The van der Waals surface area contributed by atoms with Crippen LogP contribution in [0, 0.1) is 0 Å². The molecule has 0 spiro atoms. The zero-order valence-electron chi connectivity index (χ0n) is 14.9. The van der Waals surface area contributed by atoms with Gasteiger partial charge in [-0.1, -0.05) is 6.07 Å². The van der Waals surface area contributed by atoms with E-state index >= 15 is 0 Å².